The summed E-state index contributed by atoms with van der Waals surface area (Å²) in [6, 6.07) is 2.65. The summed E-state index contributed by atoms with van der Waals surface area (Å²) < 4.78 is 5.63. The minimum Gasteiger partial charge on any atom is -0.504 e. The summed E-state index contributed by atoms with van der Waals surface area (Å²) in [7, 11) is 0. The number of phenolic OH excluding ortho intramolecular Hbond substituents is 2. The summed E-state index contributed by atoms with van der Waals surface area (Å²) in [6.07, 6.45) is 20.8. The van der Waals surface area contributed by atoms with Crippen LogP contribution in [0.15, 0.2) is 12.1 Å². The van der Waals surface area contributed by atoms with Crippen molar-refractivity contribution in [2.24, 2.45) is 0 Å². The summed E-state index contributed by atoms with van der Waals surface area (Å²) in [5.41, 5.74) is 0.917. The SMILES string of the molecule is C#CCOC(CN(CC#C)CC#C)c1cc(O)c(O)cc1C#C. The second-order valence-corrected chi connectivity index (χ2v) is 4.65. The number of hydrogen-bond donors (Lipinski definition) is 2. The molecule has 0 aliphatic heterocycles. The molecule has 0 aliphatic rings. The van der Waals surface area contributed by atoms with Crippen LogP contribution in [-0.4, -0.2) is 41.4 Å². The van der Waals surface area contributed by atoms with Crippen LogP contribution in [-0.2, 0) is 4.74 Å². The van der Waals surface area contributed by atoms with Crippen LogP contribution in [0.5, 0.6) is 11.5 Å². The highest BCUT2D eigenvalue weighted by atomic mass is 16.5. The van der Waals surface area contributed by atoms with Gasteiger partial charge in [0.1, 0.15) is 6.61 Å². The van der Waals surface area contributed by atoms with Crippen molar-refractivity contribution in [3.05, 3.63) is 23.3 Å². The highest BCUT2D eigenvalue weighted by Crippen LogP contribution is 2.32. The first kappa shape index (κ1) is 18.0. The van der Waals surface area contributed by atoms with Gasteiger partial charge in [0.05, 0.1) is 19.2 Å². The molecule has 0 spiro atoms. The molecular weight excluding hydrogens is 290 g/mol. The van der Waals surface area contributed by atoms with E-state index in [2.05, 4.69) is 23.7 Å². The molecule has 1 aromatic carbocycles. The lowest BCUT2D eigenvalue weighted by molar-refractivity contribution is 0.0508. The van der Waals surface area contributed by atoms with Crippen molar-refractivity contribution < 1.29 is 14.9 Å². The zero-order valence-corrected chi connectivity index (χ0v) is 12.6. The molecule has 1 aromatic rings. The Labute approximate surface area is 137 Å². The van der Waals surface area contributed by atoms with Gasteiger partial charge in [0.2, 0.25) is 0 Å². The Kier molecular flexibility index (Phi) is 7.13. The maximum atomic E-state index is 9.74. The monoisotopic (exact) mass is 307 g/mol. The number of terminal acetylenes is 4. The Hall–Kier alpha value is -3.02. The topological polar surface area (TPSA) is 52.9 Å². The molecule has 23 heavy (non-hydrogen) atoms. The van der Waals surface area contributed by atoms with Gasteiger partial charge in [-0.3, -0.25) is 4.90 Å². The number of phenols is 2. The Morgan fingerprint density at radius 1 is 1.00 bits per heavy atom. The third kappa shape index (κ3) is 5.03. The van der Waals surface area contributed by atoms with Gasteiger partial charge in [-0.1, -0.05) is 23.7 Å². The number of nitrogens with zero attached hydrogens (tertiary/aromatic N) is 1. The second-order valence-electron chi connectivity index (χ2n) is 4.65. The molecule has 116 valence electrons. The predicted octanol–water partition coefficient (Wildman–Crippen LogP) is 1.34. The first-order valence-electron chi connectivity index (χ1n) is 6.74. The molecule has 4 heteroatoms. The summed E-state index contributed by atoms with van der Waals surface area (Å²) in [6.45, 7) is 1.05. The van der Waals surface area contributed by atoms with E-state index in [4.69, 9.17) is 30.4 Å². The highest BCUT2D eigenvalue weighted by Gasteiger charge is 2.20. The summed E-state index contributed by atoms with van der Waals surface area (Å²) in [5.74, 6) is 9.28. The maximum Gasteiger partial charge on any atom is 0.158 e. The number of benzene rings is 1. The fraction of sp³-hybridized carbons (Fsp3) is 0.263. The van der Waals surface area contributed by atoms with Crippen molar-refractivity contribution in [3.8, 4) is 60.9 Å². The molecule has 0 heterocycles. The quantitative estimate of drug-likeness (QED) is 0.589. The van der Waals surface area contributed by atoms with Crippen molar-refractivity contribution in [3.63, 3.8) is 0 Å². The van der Waals surface area contributed by atoms with E-state index in [1.54, 1.807) is 0 Å². The molecule has 0 bridgehead atoms. The molecule has 0 aromatic heterocycles. The summed E-state index contributed by atoms with van der Waals surface area (Å²) in [5, 5.41) is 19.3. The Morgan fingerprint density at radius 2 is 1.61 bits per heavy atom. The number of ether oxygens (including phenoxy) is 1. The van der Waals surface area contributed by atoms with Gasteiger partial charge in [-0.25, -0.2) is 0 Å². The van der Waals surface area contributed by atoms with Gasteiger partial charge in [0.15, 0.2) is 11.5 Å². The van der Waals surface area contributed by atoms with Gasteiger partial charge < -0.3 is 14.9 Å². The van der Waals surface area contributed by atoms with Crippen LogP contribution >= 0.6 is 0 Å². The van der Waals surface area contributed by atoms with Gasteiger partial charge in [0.25, 0.3) is 0 Å². The fourth-order valence-corrected chi connectivity index (χ4v) is 2.05. The maximum absolute atomic E-state index is 9.74. The van der Waals surface area contributed by atoms with E-state index in [1.165, 1.54) is 12.1 Å². The van der Waals surface area contributed by atoms with Gasteiger partial charge >= 0.3 is 0 Å². The molecule has 0 amide bonds. The van der Waals surface area contributed by atoms with Gasteiger partial charge in [0, 0.05) is 17.7 Å². The van der Waals surface area contributed by atoms with Crippen LogP contribution in [0, 0.1) is 49.4 Å². The minimum absolute atomic E-state index is 0.0518. The molecule has 4 nitrogen and oxygen atoms in total. The zero-order chi connectivity index (χ0) is 17.2. The van der Waals surface area contributed by atoms with Crippen molar-refractivity contribution in [1.82, 2.24) is 4.90 Å². The molecule has 0 aliphatic carbocycles. The van der Waals surface area contributed by atoms with E-state index < -0.39 is 6.10 Å². The zero-order valence-electron chi connectivity index (χ0n) is 12.6. The fourth-order valence-electron chi connectivity index (χ4n) is 2.05. The molecule has 1 rings (SSSR count). The molecule has 0 saturated heterocycles. The van der Waals surface area contributed by atoms with Crippen LogP contribution < -0.4 is 0 Å². The van der Waals surface area contributed by atoms with Crippen LogP contribution in [0.4, 0.5) is 0 Å². The van der Waals surface area contributed by atoms with Gasteiger partial charge in [-0.05, 0) is 12.1 Å². The van der Waals surface area contributed by atoms with Crippen LogP contribution in [0.2, 0.25) is 0 Å². The third-order valence-corrected chi connectivity index (χ3v) is 3.07. The molecule has 1 atom stereocenters. The number of hydrogen-bond acceptors (Lipinski definition) is 4. The third-order valence-electron chi connectivity index (χ3n) is 3.07. The van der Waals surface area contributed by atoms with Crippen molar-refractivity contribution in [2.75, 3.05) is 26.2 Å². The van der Waals surface area contributed by atoms with Crippen molar-refractivity contribution in [1.29, 1.82) is 0 Å². The van der Waals surface area contributed by atoms with Crippen LogP contribution in [0.1, 0.15) is 17.2 Å². The van der Waals surface area contributed by atoms with Crippen LogP contribution in [0.25, 0.3) is 0 Å². The molecule has 0 saturated carbocycles. The van der Waals surface area contributed by atoms with E-state index in [0.717, 1.165) is 0 Å². The van der Waals surface area contributed by atoms with Crippen molar-refractivity contribution in [2.45, 2.75) is 6.10 Å². The second kappa shape index (κ2) is 9.09. The molecule has 1 unspecified atom stereocenters. The molecule has 0 radical (unpaired) electrons. The lowest BCUT2D eigenvalue weighted by Gasteiger charge is -2.25. The largest absolute Gasteiger partial charge is 0.504 e. The summed E-state index contributed by atoms with van der Waals surface area (Å²) in [4.78, 5) is 1.81. The van der Waals surface area contributed by atoms with E-state index in [-0.39, 0.29) is 18.1 Å². The first-order chi connectivity index (χ1) is 11.1. The minimum atomic E-state index is -0.551. The lowest BCUT2D eigenvalue weighted by atomic mass is 10.0. The van der Waals surface area contributed by atoms with Crippen LogP contribution in [0.3, 0.4) is 0 Å². The van der Waals surface area contributed by atoms with Gasteiger partial charge in [-0.15, -0.1) is 25.7 Å². The van der Waals surface area contributed by atoms with Gasteiger partial charge in [-0.2, -0.15) is 0 Å². The first-order valence-corrected chi connectivity index (χ1v) is 6.74. The van der Waals surface area contributed by atoms with E-state index in [9.17, 15) is 10.2 Å². The Balaban J connectivity index is 3.19. The normalized spacial score (nSPS) is 11.0. The number of rotatable bonds is 7. The predicted molar refractivity (Wildman–Crippen MR) is 89.3 cm³/mol. The molecule has 0 fully saturated rings. The van der Waals surface area contributed by atoms with Crippen molar-refractivity contribution >= 4 is 0 Å². The summed E-state index contributed by atoms with van der Waals surface area (Å²) >= 11 is 0. The highest BCUT2D eigenvalue weighted by molar-refractivity contribution is 5.52. The van der Waals surface area contributed by atoms with E-state index >= 15 is 0 Å². The Morgan fingerprint density at radius 3 is 2.13 bits per heavy atom. The van der Waals surface area contributed by atoms with E-state index in [1.807, 2.05) is 4.90 Å². The molecule has 2 N–H and O–H groups in total. The smallest absolute Gasteiger partial charge is 0.158 e. The average molecular weight is 307 g/mol. The lowest BCUT2D eigenvalue weighted by Crippen LogP contribution is -2.31. The standard InChI is InChI=1S/C19H17NO3/c1-5-9-20(10-6-2)14-19(23-11-7-3)16-13-18(22)17(21)12-15(16)8-4/h1-4,12-13,19,21-22H,9-11,14H2. The molecular formula is C19H17NO3. The average Bonchev–Trinajstić information content (AvgIpc) is 2.54. The Bertz CT molecular complexity index is 694. The van der Waals surface area contributed by atoms with E-state index in [0.29, 0.717) is 30.8 Å². The number of aromatic hydroxyl groups is 2.